The van der Waals surface area contributed by atoms with Gasteiger partial charge in [0.2, 0.25) is 0 Å². The SMILES string of the molecule is CC1(C)OC2C(CO)OC(n3cnc4c(NC5CCCCC5)ncnc43)C2O1. The lowest BCUT2D eigenvalue weighted by Crippen LogP contribution is -2.31. The minimum atomic E-state index is -0.718. The average molecular weight is 389 g/mol. The van der Waals surface area contributed by atoms with Gasteiger partial charge in [-0.25, -0.2) is 15.0 Å². The van der Waals surface area contributed by atoms with E-state index in [0.29, 0.717) is 11.7 Å². The lowest BCUT2D eigenvalue weighted by Gasteiger charge is -2.24. The first-order valence-corrected chi connectivity index (χ1v) is 10.1. The second-order valence-corrected chi connectivity index (χ2v) is 8.34. The number of hydrogen-bond acceptors (Lipinski definition) is 8. The largest absolute Gasteiger partial charge is 0.394 e. The van der Waals surface area contributed by atoms with Gasteiger partial charge < -0.3 is 24.6 Å². The van der Waals surface area contributed by atoms with E-state index in [2.05, 4.69) is 20.3 Å². The van der Waals surface area contributed by atoms with Crippen molar-refractivity contribution < 1.29 is 19.3 Å². The van der Waals surface area contributed by atoms with Gasteiger partial charge in [-0.05, 0) is 26.7 Å². The van der Waals surface area contributed by atoms with E-state index in [1.54, 1.807) is 12.7 Å². The summed E-state index contributed by atoms with van der Waals surface area (Å²) >= 11 is 0. The number of anilines is 1. The number of aliphatic hydroxyl groups excluding tert-OH is 1. The second kappa shape index (κ2) is 6.91. The molecule has 3 aliphatic rings. The number of aliphatic hydroxyl groups is 1. The van der Waals surface area contributed by atoms with Crippen LogP contribution in [-0.2, 0) is 14.2 Å². The fourth-order valence-corrected chi connectivity index (χ4v) is 4.61. The van der Waals surface area contributed by atoms with Gasteiger partial charge >= 0.3 is 0 Å². The highest BCUT2D eigenvalue weighted by molar-refractivity contribution is 5.82. The maximum Gasteiger partial charge on any atom is 0.167 e. The molecule has 2 saturated heterocycles. The van der Waals surface area contributed by atoms with Crippen LogP contribution in [0.4, 0.5) is 5.82 Å². The molecule has 4 heterocycles. The van der Waals surface area contributed by atoms with Crippen molar-refractivity contribution in [3.63, 3.8) is 0 Å². The van der Waals surface area contributed by atoms with Crippen LogP contribution in [0, 0.1) is 0 Å². The van der Waals surface area contributed by atoms with E-state index in [9.17, 15) is 5.11 Å². The summed E-state index contributed by atoms with van der Waals surface area (Å²) in [5, 5.41) is 13.3. The Morgan fingerprint density at radius 3 is 2.71 bits per heavy atom. The van der Waals surface area contributed by atoms with Crippen LogP contribution in [0.3, 0.4) is 0 Å². The topological polar surface area (TPSA) is 104 Å². The van der Waals surface area contributed by atoms with E-state index in [1.165, 1.54) is 19.3 Å². The molecule has 3 fully saturated rings. The summed E-state index contributed by atoms with van der Waals surface area (Å²) in [6, 6.07) is 0.426. The number of nitrogens with one attached hydrogen (secondary N) is 1. The molecule has 0 amide bonds. The Morgan fingerprint density at radius 1 is 1.14 bits per heavy atom. The summed E-state index contributed by atoms with van der Waals surface area (Å²) in [7, 11) is 0. The van der Waals surface area contributed by atoms with Gasteiger partial charge in [0, 0.05) is 6.04 Å². The Labute approximate surface area is 163 Å². The molecule has 4 unspecified atom stereocenters. The number of hydrogen-bond donors (Lipinski definition) is 2. The van der Waals surface area contributed by atoms with Gasteiger partial charge in [0.1, 0.15) is 24.6 Å². The van der Waals surface area contributed by atoms with Crippen molar-refractivity contribution in [1.29, 1.82) is 0 Å². The van der Waals surface area contributed by atoms with E-state index in [1.807, 2.05) is 18.4 Å². The van der Waals surface area contributed by atoms with Crippen molar-refractivity contribution in [2.45, 2.75) is 82.3 Å². The summed E-state index contributed by atoms with van der Waals surface area (Å²) < 4.78 is 19.9. The molecule has 28 heavy (non-hydrogen) atoms. The van der Waals surface area contributed by atoms with Gasteiger partial charge in [0.25, 0.3) is 0 Å². The van der Waals surface area contributed by atoms with Crippen LogP contribution in [0.25, 0.3) is 11.2 Å². The summed E-state index contributed by atoms with van der Waals surface area (Å²) in [6.45, 7) is 3.61. The van der Waals surface area contributed by atoms with Crippen molar-refractivity contribution in [1.82, 2.24) is 19.5 Å². The number of ether oxygens (including phenoxy) is 3. The second-order valence-electron chi connectivity index (χ2n) is 8.34. The molecule has 1 saturated carbocycles. The molecule has 0 spiro atoms. The third-order valence-electron chi connectivity index (χ3n) is 5.88. The van der Waals surface area contributed by atoms with Gasteiger partial charge in [-0.15, -0.1) is 0 Å². The van der Waals surface area contributed by atoms with Gasteiger partial charge in [-0.1, -0.05) is 19.3 Å². The van der Waals surface area contributed by atoms with Crippen molar-refractivity contribution >= 4 is 17.0 Å². The third-order valence-corrected chi connectivity index (χ3v) is 5.88. The zero-order chi connectivity index (χ0) is 19.3. The Balaban J connectivity index is 1.46. The highest BCUT2D eigenvalue weighted by atomic mass is 16.8. The molecular formula is C19H27N5O4. The van der Waals surface area contributed by atoms with E-state index in [-0.39, 0.29) is 18.8 Å². The van der Waals surface area contributed by atoms with E-state index < -0.39 is 18.1 Å². The van der Waals surface area contributed by atoms with Crippen LogP contribution < -0.4 is 5.32 Å². The molecule has 2 aliphatic heterocycles. The van der Waals surface area contributed by atoms with Gasteiger partial charge in [0.15, 0.2) is 29.0 Å². The van der Waals surface area contributed by atoms with Crippen molar-refractivity contribution in [3.05, 3.63) is 12.7 Å². The fourth-order valence-electron chi connectivity index (χ4n) is 4.61. The summed E-state index contributed by atoms with van der Waals surface area (Å²) in [6.07, 6.45) is 7.78. The highest BCUT2D eigenvalue weighted by Crippen LogP contribution is 2.43. The number of rotatable bonds is 4. The molecule has 0 bridgehead atoms. The predicted molar refractivity (Wildman–Crippen MR) is 101 cm³/mol. The molecule has 0 radical (unpaired) electrons. The van der Waals surface area contributed by atoms with Crippen molar-refractivity contribution in [2.24, 2.45) is 0 Å². The van der Waals surface area contributed by atoms with Crippen LogP contribution in [0.5, 0.6) is 0 Å². The summed E-state index contributed by atoms with van der Waals surface area (Å²) in [5.74, 6) is 0.0388. The highest BCUT2D eigenvalue weighted by Gasteiger charge is 2.56. The quantitative estimate of drug-likeness (QED) is 0.818. The van der Waals surface area contributed by atoms with Crippen LogP contribution in [0.2, 0.25) is 0 Å². The maximum atomic E-state index is 9.72. The lowest BCUT2D eigenvalue weighted by atomic mass is 9.95. The molecular weight excluding hydrogens is 362 g/mol. The maximum absolute atomic E-state index is 9.72. The molecule has 0 aromatic carbocycles. The smallest absolute Gasteiger partial charge is 0.167 e. The van der Waals surface area contributed by atoms with Gasteiger partial charge in [-0.3, -0.25) is 4.57 Å². The van der Waals surface area contributed by atoms with Crippen molar-refractivity contribution in [2.75, 3.05) is 11.9 Å². The molecule has 4 atom stereocenters. The number of fused-ring (bicyclic) bond motifs is 2. The van der Waals surface area contributed by atoms with Crippen LogP contribution in [-0.4, -0.2) is 61.4 Å². The first kappa shape index (κ1) is 18.2. The first-order chi connectivity index (χ1) is 13.6. The Bertz CT molecular complexity index is 850. The number of aromatic nitrogens is 4. The normalized spacial score (nSPS) is 32.7. The zero-order valence-corrected chi connectivity index (χ0v) is 16.2. The minimum absolute atomic E-state index is 0.132. The van der Waals surface area contributed by atoms with Gasteiger partial charge in [0.05, 0.1) is 12.9 Å². The molecule has 9 nitrogen and oxygen atoms in total. The Hall–Kier alpha value is -1.81. The van der Waals surface area contributed by atoms with E-state index >= 15 is 0 Å². The molecule has 2 N–H and O–H groups in total. The van der Waals surface area contributed by atoms with Crippen molar-refractivity contribution in [3.8, 4) is 0 Å². The molecule has 1 aliphatic carbocycles. The van der Waals surface area contributed by atoms with E-state index in [4.69, 9.17) is 14.2 Å². The molecule has 9 heteroatoms. The molecule has 2 aromatic rings. The standard InChI is InChI=1S/C19H27N5O4/c1-19(2)27-14-12(8-25)26-18(15(14)28-19)24-10-22-13-16(20-9-21-17(13)24)23-11-6-4-3-5-7-11/h9-12,14-15,18,25H,3-8H2,1-2H3,(H,20,21,23). The van der Waals surface area contributed by atoms with Crippen LogP contribution in [0.1, 0.15) is 52.2 Å². The predicted octanol–water partition coefficient (Wildman–Crippen LogP) is 1.98. The third kappa shape index (κ3) is 3.06. The Morgan fingerprint density at radius 2 is 1.93 bits per heavy atom. The monoisotopic (exact) mass is 389 g/mol. The molecule has 152 valence electrons. The van der Waals surface area contributed by atoms with E-state index in [0.717, 1.165) is 24.2 Å². The zero-order valence-electron chi connectivity index (χ0n) is 16.2. The van der Waals surface area contributed by atoms with Crippen LogP contribution in [0.15, 0.2) is 12.7 Å². The number of imidazole rings is 1. The lowest BCUT2D eigenvalue weighted by molar-refractivity contribution is -0.199. The first-order valence-electron chi connectivity index (χ1n) is 10.1. The summed E-state index contributed by atoms with van der Waals surface area (Å²) in [4.78, 5) is 13.4. The minimum Gasteiger partial charge on any atom is -0.394 e. The molecule has 5 rings (SSSR count). The Kier molecular flexibility index (Phi) is 4.50. The molecule has 2 aromatic heterocycles. The fraction of sp³-hybridized carbons (Fsp3) is 0.737. The number of nitrogens with zero attached hydrogens (tertiary/aromatic N) is 4. The average Bonchev–Trinajstić information content (AvgIpc) is 3.33. The summed E-state index contributed by atoms with van der Waals surface area (Å²) in [5.41, 5.74) is 1.41. The van der Waals surface area contributed by atoms with Gasteiger partial charge in [-0.2, -0.15) is 0 Å². The van der Waals surface area contributed by atoms with Crippen LogP contribution >= 0.6 is 0 Å².